The van der Waals surface area contributed by atoms with Crippen LogP contribution in [0.25, 0.3) is 5.76 Å². The van der Waals surface area contributed by atoms with Crippen molar-refractivity contribution in [2.45, 2.75) is 13.8 Å². The van der Waals surface area contributed by atoms with E-state index in [0.29, 0.717) is 16.8 Å². The smallest absolute Gasteiger partial charge is 0.191 e. The quantitative estimate of drug-likeness (QED) is 0.173. The second kappa shape index (κ2) is 7.96. The summed E-state index contributed by atoms with van der Waals surface area (Å²) in [4.78, 5) is 12.6. The highest BCUT2D eigenvalue weighted by molar-refractivity contribution is 9.10. The van der Waals surface area contributed by atoms with Gasteiger partial charge in [0.15, 0.2) is 5.78 Å². The molecule has 0 aliphatic carbocycles. The van der Waals surface area contributed by atoms with E-state index in [0.717, 1.165) is 11.1 Å². The first-order valence-electron chi connectivity index (χ1n) is 7.11. The number of anilines is 1. The second-order valence-corrected chi connectivity index (χ2v) is 7.17. The van der Waals surface area contributed by atoms with Gasteiger partial charge in [-0.25, -0.2) is 0 Å². The molecule has 3 nitrogen and oxygen atoms in total. The number of hydrogen-bond acceptors (Lipinski definition) is 3. The van der Waals surface area contributed by atoms with Crippen LogP contribution < -0.4 is 3.93 Å². The van der Waals surface area contributed by atoms with Gasteiger partial charge in [-0.15, -0.1) is 12.6 Å². The number of nitrogens with zero attached hydrogens (tertiary/aromatic N) is 1. The number of aliphatic hydroxyl groups is 1. The van der Waals surface area contributed by atoms with Gasteiger partial charge in [0.1, 0.15) is 10.1 Å². The van der Waals surface area contributed by atoms with Crippen molar-refractivity contribution >= 4 is 62.5 Å². The number of hydrogen-bond donors (Lipinski definition) is 2. The molecule has 2 aromatic carbocycles. The maximum atomic E-state index is 12.6. The minimum atomic E-state index is -0.319. The summed E-state index contributed by atoms with van der Waals surface area (Å²) in [6.45, 7) is 3.85. The van der Waals surface area contributed by atoms with E-state index in [1.54, 1.807) is 24.3 Å². The maximum Gasteiger partial charge on any atom is 0.191 e. The lowest BCUT2D eigenvalue weighted by Gasteiger charge is -2.17. The molecule has 0 bridgehead atoms. The molecule has 0 spiro atoms. The molecule has 0 aromatic heterocycles. The van der Waals surface area contributed by atoms with Gasteiger partial charge in [0.25, 0.3) is 0 Å². The summed E-state index contributed by atoms with van der Waals surface area (Å²) < 4.78 is 1.74. The van der Waals surface area contributed by atoms with Crippen LogP contribution in [0.2, 0.25) is 0 Å². The average molecular weight is 422 g/mol. The highest BCUT2D eigenvalue weighted by Crippen LogP contribution is 2.27. The van der Waals surface area contributed by atoms with Gasteiger partial charge in [-0.3, -0.25) is 8.72 Å². The molecule has 2 aromatic rings. The molecule has 0 aliphatic heterocycles. The highest BCUT2D eigenvalue weighted by atomic mass is 79.9. The topological polar surface area (TPSA) is 40.5 Å². The molecule has 6 heteroatoms. The minimum absolute atomic E-state index is 0.0815. The minimum Gasteiger partial charge on any atom is -0.507 e. The Balaban J connectivity index is 2.42. The summed E-state index contributed by atoms with van der Waals surface area (Å²) in [7, 11) is 0. The second-order valence-electron chi connectivity index (χ2n) is 5.34. The molecule has 0 saturated carbocycles. The van der Waals surface area contributed by atoms with Gasteiger partial charge in [-0.05, 0) is 26.0 Å². The number of benzene rings is 2. The predicted octanol–water partition coefficient (Wildman–Crippen LogP) is 5.42. The van der Waals surface area contributed by atoms with Crippen molar-refractivity contribution in [3.8, 4) is 0 Å². The first-order chi connectivity index (χ1) is 11.3. The molecule has 0 aliphatic rings. The normalized spacial score (nSPS) is 11.2. The Morgan fingerprint density at radius 3 is 2.33 bits per heavy atom. The third-order valence-electron chi connectivity index (χ3n) is 3.41. The van der Waals surface area contributed by atoms with Gasteiger partial charge in [0, 0.05) is 17.2 Å². The Labute approximate surface area is 160 Å². The molecule has 0 saturated heterocycles. The SMILES string of the molecule is Cc1ccc(C(O)=CC(=O)c2cc(C)ccc2N(Br)C(=S)S)cc1. The lowest BCUT2D eigenvalue weighted by Crippen LogP contribution is -2.15. The van der Waals surface area contributed by atoms with Gasteiger partial charge in [0.05, 0.1) is 21.8 Å². The molecule has 0 unspecified atom stereocenters. The van der Waals surface area contributed by atoms with Crippen LogP contribution in [0.1, 0.15) is 27.0 Å². The van der Waals surface area contributed by atoms with E-state index in [1.165, 1.54) is 10.0 Å². The van der Waals surface area contributed by atoms with E-state index in [-0.39, 0.29) is 15.9 Å². The Hall–Kier alpha value is -1.63. The van der Waals surface area contributed by atoms with Crippen molar-refractivity contribution < 1.29 is 9.90 Å². The summed E-state index contributed by atoms with van der Waals surface area (Å²) in [6.07, 6.45) is 1.21. The maximum absolute atomic E-state index is 12.6. The molecular formula is C18H16BrNO2S2. The van der Waals surface area contributed by atoms with Crippen molar-refractivity contribution in [2.24, 2.45) is 0 Å². The third-order valence-corrected chi connectivity index (χ3v) is 5.04. The monoisotopic (exact) mass is 421 g/mol. The fourth-order valence-corrected chi connectivity index (χ4v) is 2.65. The first-order valence-corrected chi connectivity index (χ1v) is 8.67. The Morgan fingerprint density at radius 1 is 1.17 bits per heavy atom. The van der Waals surface area contributed by atoms with E-state index >= 15 is 0 Å². The fraction of sp³-hybridized carbons (Fsp3) is 0.111. The van der Waals surface area contributed by atoms with Crippen molar-refractivity contribution in [2.75, 3.05) is 3.93 Å². The zero-order valence-corrected chi connectivity index (χ0v) is 16.5. The highest BCUT2D eigenvalue weighted by Gasteiger charge is 2.17. The number of carbonyl (C=O) groups excluding carboxylic acids is 1. The molecule has 1 N–H and O–H groups in total. The van der Waals surface area contributed by atoms with Crippen LogP contribution in [0, 0.1) is 13.8 Å². The third kappa shape index (κ3) is 4.47. The van der Waals surface area contributed by atoms with Gasteiger partial charge < -0.3 is 5.11 Å². The number of carbonyl (C=O) groups is 1. The number of aliphatic hydroxyl groups excluding tert-OH is 1. The first kappa shape index (κ1) is 18.7. The molecule has 0 heterocycles. The van der Waals surface area contributed by atoms with Crippen molar-refractivity contribution in [3.05, 3.63) is 70.8 Å². The van der Waals surface area contributed by atoms with Gasteiger partial charge in [0.2, 0.25) is 0 Å². The molecule has 2 rings (SSSR count). The average Bonchev–Trinajstić information content (AvgIpc) is 2.54. The van der Waals surface area contributed by atoms with E-state index in [2.05, 4.69) is 28.8 Å². The van der Waals surface area contributed by atoms with E-state index in [9.17, 15) is 9.90 Å². The number of allylic oxidation sites excluding steroid dienone is 1. The number of ketones is 1. The number of aryl methyl sites for hydroxylation is 2. The van der Waals surface area contributed by atoms with Crippen LogP contribution in [0.4, 0.5) is 5.69 Å². The van der Waals surface area contributed by atoms with E-state index in [4.69, 9.17) is 12.2 Å². The van der Waals surface area contributed by atoms with Crippen LogP contribution in [0.3, 0.4) is 0 Å². The summed E-state index contributed by atoms with van der Waals surface area (Å²) in [5, 5.41) is 10.2. The Kier molecular flexibility index (Phi) is 6.21. The molecule has 24 heavy (non-hydrogen) atoms. The zero-order chi connectivity index (χ0) is 17.9. The molecule has 0 amide bonds. The van der Waals surface area contributed by atoms with Crippen LogP contribution in [-0.2, 0) is 0 Å². The number of thiol groups is 1. The zero-order valence-electron chi connectivity index (χ0n) is 13.2. The number of thiocarbonyl (C=S) groups is 1. The summed E-state index contributed by atoms with van der Waals surface area (Å²) in [5.74, 6) is -0.400. The Morgan fingerprint density at radius 2 is 1.75 bits per heavy atom. The molecule has 0 radical (unpaired) electrons. The predicted molar refractivity (Wildman–Crippen MR) is 110 cm³/mol. The standard InChI is InChI=1S/C18H16BrNO2S2/c1-11-3-6-13(7-4-11)16(21)10-17(22)14-9-12(2)5-8-15(14)20(19)18(23)24/h3-10,21H,1-2H3,(H,23,24). The van der Waals surface area contributed by atoms with Gasteiger partial charge >= 0.3 is 0 Å². The van der Waals surface area contributed by atoms with Crippen LogP contribution >= 0.6 is 41.0 Å². The Bertz CT molecular complexity index is 816. The molecule has 124 valence electrons. The molecule has 0 atom stereocenters. The van der Waals surface area contributed by atoms with Gasteiger partial charge in [-0.1, -0.05) is 53.7 Å². The lowest BCUT2D eigenvalue weighted by molar-refractivity contribution is 0.104. The van der Waals surface area contributed by atoms with Crippen LogP contribution in [0.15, 0.2) is 48.5 Å². The summed E-state index contributed by atoms with van der Waals surface area (Å²) >= 11 is 12.4. The van der Waals surface area contributed by atoms with Crippen LogP contribution in [0.5, 0.6) is 0 Å². The molecule has 0 fully saturated rings. The number of halogens is 1. The van der Waals surface area contributed by atoms with Crippen LogP contribution in [-0.4, -0.2) is 15.2 Å². The van der Waals surface area contributed by atoms with Crippen molar-refractivity contribution in [1.29, 1.82) is 0 Å². The van der Waals surface area contributed by atoms with E-state index in [1.807, 2.05) is 32.0 Å². The fourth-order valence-electron chi connectivity index (χ4n) is 2.13. The van der Waals surface area contributed by atoms with E-state index < -0.39 is 0 Å². The summed E-state index contributed by atoms with van der Waals surface area (Å²) in [6, 6.07) is 12.7. The number of rotatable bonds is 4. The van der Waals surface area contributed by atoms with Gasteiger partial charge in [-0.2, -0.15) is 0 Å². The van der Waals surface area contributed by atoms with Crippen molar-refractivity contribution in [1.82, 2.24) is 0 Å². The molecular weight excluding hydrogens is 406 g/mol. The summed E-state index contributed by atoms with van der Waals surface area (Å²) in [5.41, 5.74) is 3.58. The van der Waals surface area contributed by atoms with Crippen molar-refractivity contribution in [3.63, 3.8) is 0 Å². The lowest BCUT2D eigenvalue weighted by atomic mass is 10.0. The largest absolute Gasteiger partial charge is 0.507 e.